The molecule has 7 heteroatoms. The summed E-state index contributed by atoms with van der Waals surface area (Å²) in [5, 5.41) is 22.2. The number of amides is 1. The number of azo groups is 1. The summed E-state index contributed by atoms with van der Waals surface area (Å²) in [6.45, 7) is 4.03. The van der Waals surface area contributed by atoms with Gasteiger partial charge < -0.3 is 5.11 Å². The molecule has 3 aromatic rings. The van der Waals surface area contributed by atoms with Gasteiger partial charge in [0.2, 0.25) is 0 Å². The Morgan fingerprint density at radius 1 is 0.931 bits per heavy atom. The highest BCUT2D eigenvalue weighted by Crippen LogP contribution is 2.25. The molecule has 0 fully saturated rings. The average molecular weight is 390 g/mol. The fraction of sp³-hybridized carbons (Fsp3) is 0.0909. The smallest absolute Gasteiger partial charge is 0.271 e. The molecule has 0 radical (unpaired) electrons. The molecule has 0 bridgehead atoms. The van der Waals surface area contributed by atoms with E-state index in [0.717, 1.165) is 11.3 Å². The summed E-state index contributed by atoms with van der Waals surface area (Å²) in [7, 11) is 0. The Bertz CT molecular complexity index is 1090. The van der Waals surface area contributed by atoms with Gasteiger partial charge in [-0.25, -0.2) is 9.82 Å². The Morgan fingerprint density at radius 3 is 2.28 bits per heavy atom. The maximum atomic E-state index is 12.9. The molecule has 0 aliphatic rings. The number of benzene rings is 3. The van der Waals surface area contributed by atoms with E-state index in [0.29, 0.717) is 11.3 Å². The van der Waals surface area contributed by atoms with Crippen molar-refractivity contribution < 1.29 is 14.3 Å². The standard InChI is InChI=1S/C22H19FN4O2/c1-14-3-8-19(11-15(14)2)25-26-20-9-10-21(28)17(12-20)13-24-27-22(29)16-4-6-18(23)7-5-16/h3-13,28H,1-2H3,(H,27,29)/b24-13+,26-25?. The maximum Gasteiger partial charge on any atom is 0.271 e. The molecule has 0 spiro atoms. The first kappa shape index (κ1) is 19.9. The van der Waals surface area contributed by atoms with E-state index in [1.54, 1.807) is 12.1 Å². The lowest BCUT2D eigenvalue weighted by atomic mass is 10.1. The summed E-state index contributed by atoms with van der Waals surface area (Å²) >= 11 is 0. The molecule has 29 heavy (non-hydrogen) atoms. The monoisotopic (exact) mass is 390 g/mol. The van der Waals surface area contributed by atoms with E-state index >= 15 is 0 Å². The van der Waals surface area contributed by atoms with Gasteiger partial charge >= 0.3 is 0 Å². The number of aryl methyl sites for hydroxylation is 2. The molecule has 3 rings (SSSR count). The van der Waals surface area contributed by atoms with Crippen molar-refractivity contribution in [2.75, 3.05) is 0 Å². The van der Waals surface area contributed by atoms with Crippen molar-refractivity contribution in [2.24, 2.45) is 15.3 Å². The van der Waals surface area contributed by atoms with Crippen LogP contribution in [0.4, 0.5) is 15.8 Å². The molecule has 0 saturated heterocycles. The minimum absolute atomic E-state index is 0.0186. The van der Waals surface area contributed by atoms with Gasteiger partial charge in [0.25, 0.3) is 5.91 Å². The van der Waals surface area contributed by atoms with Gasteiger partial charge in [-0.15, -0.1) is 0 Å². The second-order valence-corrected chi connectivity index (χ2v) is 6.42. The van der Waals surface area contributed by atoms with Crippen LogP contribution in [0.2, 0.25) is 0 Å². The van der Waals surface area contributed by atoms with Gasteiger partial charge in [0.1, 0.15) is 11.6 Å². The summed E-state index contributed by atoms with van der Waals surface area (Å²) < 4.78 is 12.9. The summed E-state index contributed by atoms with van der Waals surface area (Å²) in [5.41, 5.74) is 6.50. The van der Waals surface area contributed by atoms with Crippen molar-refractivity contribution in [3.05, 3.63) is 88.7 Å². The predicted octanol–water partition coefficient (Wildman–Crippen LogP) is 5.33. The number of halogens is 1. The number of hydrazone groups is 1. The number of phenolic OH excluding ortho intramolecular Hbond substituents is 1. The number of rotatable bonds is 5. The van der Waals surface area contributed by atoms with Crippen molar-refractivity contribution in [3.8, 4) is 5.75 Å². The molecule has 6 nitrogen and oxygen atoms in total. The number of aromatic hydroxyl groups is 1. The molecular weight excluding hydrogens is 371 g/mol. The number of phenols is 1. The normalized spacial score (nSPS) is 11.3. The van der Waals surface area contributed by atoms with Gasteiger partial charge in [-0.1, -0.05) is 6.07 Å². The number of hydrogen-bond acceptors (Lipinski definition) is 5. The number of nitrogens with one attached hydrogen (secondary N) is 1. The van der Waals surface area contributed by atoms with Crippen LogP contribution in [0.3, 0.4) is 0 Å². The van der Waals surface area contributed by atoms with E-state index in [4.69, 9.17) is 0 Å². The second kappa shape index (κ2) is 8.88. The molecule has 0 aromatic heterocycles. The summed E-state index contributed by atoms with van der Waals surface area (Å²) in [4.78, 5) is 12.0. The zero-order valence-corrected chi connectivity index (χ0v) is 15.9. The van der Waals surface area contributed by atoms with E-state index in [1.165, 1.54) is 42.1 Å². The Kier molecular flexibility index (Phi) is 6.09. The predicted molar refractivity (Wildman–Crippen MR) is 110 cm³/mol. The van der Waals surface area contributed by atoms with E-state index in [2.05, 4.69) is 20.8 Å². The first-order chi connectivity index (χ1) is 13.9. The highest BCUT2D eigenvalue weighted by molar-refractivity contribution is 5.95. The highest BCUT2D eigenvalue weighted by Gasteiger charge is 2.05. The molecule has 0 aliphatic heterocycles. The lowest BCUT2D eigenvalue weighted by Gasteiger charge is -2.02. The molecule has 1 amide bonds. The van der Waals surface area contributed by atoms with Crippen LogP contribution in [0.1, 0.15) is 27.0 Å². The van der Waals surface area contributed by atoms with Crippen molar-refractivity contribution in [1.82, 2.24) is 5.43 Å². The van der Waals surface area contributed by atoms with Crippen LogP contribution in [0, 0.1) is 19.7 Å². The van der Waals surface area contributed by atoms with E-state index in [1.807, 2.05) is 32.0 Å². The summed E-state index contributed by atoms with van der Waals surface area (Å²) in [6.07, 6.45) is 1.30. The minimum atomic E-state index is -0.494. The van der Waals surface area contributed by atoms with E-state index in [9.17, 15) is 14.3 Å². The minimum Gasteiger partial charge on any atom is -0.507 e. The van der Waals surface area contributed by atoms with Gasteiger partial charge in [-0.2, -0.15) is 15.3 Å². The maximum absolute atomic E-state index is 12.9. The summed E-state index contributed by atoms with van der Waals surface area (Å²) in [5.74, 6) is -0.942. The topological polar surface area (TPSA) is 86.4 Å². The first-order valence-electron chi connectivity index (χ1n) is 8.83. The molecular formula is C22H19FN4O2. The molecule has 0 saturated carbocycles. The summed E-state index contributed by atoms with van der Waals surface area (Å²) in [6, 6.07) is 15.5. The third-order valence-electron chi connectivity index (χ3n) is 4.26. The van der Waals surface area contributed by atoms with Crippen LogP contribution < -0.4 is 5.43 Å². The molecule has 0 aliphatic carbocycles. The van der Waals surface area contributed by atoms with Crippen LogP contribution >= 0.6 is 0 Å². The molecule has 0 atom stereocenters. The third-order valence-corrected chi connectivity index (χ3v) is 4.26. The number of hydrogen-bond donors (Lipinski definition) is 2. The van der Waals surface area contributed by atoms with Gasteiger partial charge in [0.05, 0.1) is 17.6 Å². The van der Waals surface area contributed by atoms with Crippen LogP contribution in [0.15, 0.2) is 76.0 Å². The SMILES string of the molecule is Cc1ccc(N=Nc2ccc(O)c(/C=N/NC(=O)c3ccc(F)cc3)c2)cc1C. The fourth-order valence-corrected chi connectivity index (χ4v) is 2.44. The van der Waals surface area contributed by atoms with Crippen molar-refractivity contribution in [2.45, 2.75) is 13.8 Å². The lowest BCUT2D eigenvalue weighted by Crippen LogP contribution is -2.17. The van der Waals surface area contributed by atoms with Crippen LogP contribution in [-0.2, 0) is 0 Å². The van der Waals surface area contributed by atoms with Crippen LogP contribution in [-0.4, -0.2) is 17.2 Å². The largest absolute Gasteiger partial charge is 0.507 e. The Hall–Kier alpha value is -3.87. The quantitative estimate of drug-likeness (QED) is 0.351. The van der Waals surface area contributed by atoms with E-state index < -0.39 is 11.7 Å². The van der Waals surface area contributed by atoms with Crippen molar-refractivity contribution in [3.63, 3.8) is 0 Å². The van der Waals surface area contributed by atoms with Crippen molar-refractivity contribution in [1.29, 1.82) is 0 Å². The zero-order chi connectivity index (χ0) is 20.8. The van der Waals surface area contributed by atoms with E-state index in [-0.39, 0.29) is 11.3 Å². The van der Waals surface area contributed by atoms with Gasteiger partial charge in [0.15, 0.2) is 0 Å². The number of carbonyl (C=O) groups is 1. The lowest BCUT2D eigenvalue weighted by molar-refractivity contribution is 0.0955. The van der Waals surface area contributed by atoms with Crippen molar-refractivity contribution >= 4 is 23.5 Å². The highest BCUT2D eigenvalue weighted by atomic mass is 19.1. The van der Waals surface area contributed by atoms with Crippen LogP contribution in [0.25, 0.3) is 0 Å². The fourth-order valence-electron chi connectivity index (χ4n) is 2.44. The molecule has 0 unspecified atom stereocenters. The Morgan fingerprint density at radius 2 is 1.59 bits per heavy atom. The Balaban J connectivity index is 1.70. The van der Waals surface area contributed by atoms with Gasteiger partial charge in [0, 0.05) is 11.1 Å². The molecule has 3 aromatic carbocycles. The number of carbonyl (C=O) groups excluding carboxylic acids is 1. The third kappa shape index (κ3) is 5.32. The Labute approximate surface area is 167 Å². The molecule has 2 N–H and O–H groups in total. The first-order valence-corrected chi connectivity index (χ1v) is 8.83. The van der Waals surface area contributed by atoms with Gasteiger partial charge in [-0.05, 0) is 79.6 Å². The van der Waals surface area contributed by atoms with Crippen LogP contribution in [0.5, 0.6) is 5.75 Å². The molecule has 0 heterocycles. The second-order valence-electron chi connectivity index (χ2n) is 6.42. The zero-order valence-electron chi connectivity index (χ0n) is 15.9. The van der Waals surface area contributed by atoms with Gasteiger partial charge in [-0.3, -0.25) is 4.79 Å². The average Bonchev–Trinajstić information content (AvgIpc) is 2.71. The number of nitrogens with zero attached hydrogens (tertiary/aromatic N) is 3. The molecule has 146 valence electrons.